The molecule has 2 N–H and O–H groups in total. The second-order valence-corrected chi connectivity index (χ2v) is 7.77. The Morgan fingerprint density at radius 2 is 1.96 bits per heavy atom. The monoisotopic (exact) mass is 437 g/mol. The molecule has 1 saturated heterocycles. The van der Waals surface area contributed by atoms with Crippen LogP contribution < -0.4 is 0 Å². The molecular formula is C18H12ClNO6S2. The molecule has 3 rings (SSSR count). The molecule has 1 aliphatic rings. The van der Waals surface area contributed by atoms with Gasteiger partial charge in [-0.2, -0.15) is 0 Å². The number of carboxylic acid groups (broad SMARTS) is 2. The van der Waals surface area contributed by atoms with Crippen molar-refractivity contribution in [2.75, 3.05) is 0 Å². The standard InChI is InChI=1S/C18H12ClNO6S2/c19-11-4-2-1-3-10(11)13-6-5-9(26-13)7-14-16(23)20(18(27)28-14)12(17(24)25)8-15(21)22/h1-7,12H,8H2,(H,21,22)(H,24,25)/b14-7+/t12-/m0/s1. The first-order valence-electron chi connectivity index (χ1n) is 7.84. The summed E-state index contributed by atoms with van der Waals surface area (Å²) in [5, 5.41) is 18.7. The van der Waals surface area contributed by atoms with Crippen LogP contribution >= 0.6 is 35.6 Å². The lowest BCUT2D eigenvalue weighted by molar-refractivity contribution is -0.150. The Kier molecular flexibility index (Phi) is 5.87. The maximum absolute atomic E-state index is 12.6. The molecule has 1 aromatic carbocycles. The van der Waals surface area contributed by atoms with Gasteiger partial charge in [-0.15, -0.1) is 0 Å². The number of thiocarbonyl (C=S) groups is 1. The molecule has 144 valence electrons. The van der Waals surface area contributed by atoms with Crippen LogP contribution in [0.1, 0.15) is 12.2 Å². The van der Waals surface area contributed by atoms with Crippen LogP contribution in [0.2, 0.25) is 5.02 Å². The van der Waals surface area contributed by atoms with E-state index in [1.54, 1.807) is 30.3 Å². The van der Waals surface area contributed by atoms with E-state index in [-0.39, 0.29) is 9.23 Å². The van der Waals surface area contributed by atoms with Crippen LogP contribution in [0.25, 0.3) is 17.4 Å². The van der Waals surface area contributed by atoms with Gasteiger partial charge in [-0.25, -0.2) is 4.79 Å². The minimum Gasteiger partial charge on any atom is -0.481 e. The highest BCUT2D eigenvalue weighted by Gasteiger charge is 2.41. The summed E-state index contributed by atoms with van der Waals surface area (Å²) in [7, 11) is 0. The van der Waals surface area contributed by atoms with Crippen molar-refractivity contribution in [1.82, 2.24) is 4.90 Å². The Balaban J connectivity index is 1.87. The summed E-state index contributed by atoms with van der Waals surface area (Å²) in [5.74, 6) is -2.62. The summed E-state index contributed by atoms with van der Waals surface area (Å²) in [4.78, 5) is 35.9. The highest BCUT2D eigenvalue weighted by atomic mass is 35.5. The van der Waals surface area contributed by atoms with Crippen LogP contribution in [0.15, 0.2) is 45.7 Å². The van der Waals surface area contributed by atoms with Gasteiger partial charge in [0, 0.05) is 11.6 Å². The van der Waals surface area contributed by atoms with Gasteiger partial charge in [-0.05, 0) is 24.3 Å². The molecule has 10 heteroatoms. The quantitative estimate of drug-likeness (QED) is 0.520. The number of carbonyl (C=O) groups excluding carboxylic acids is 1. The molecule has 1 fully saturated rings. The number of nitrogens with zero attached hydrogens (tertiary/aromatic N) is 1. The van der Waals surface area contributed by atoms with Crippen LogP contribution in [-0.2, 0) is 14.4 Å². The Hall–Kier alpha value is -2.62. The van der Waals surface area contributed by atoms with Crippen LogP contribution in [0.5, 0.6) is 0 Å². The van der Waals surface area contributed by atoms with E-state index in [0.717, 1.165) is 16.7 Å². The van der Waals surface area contributed by atoms with Gasteiger partial charge in [0.05, 0.1) is 16.3 Å². The fraction of sp³-hybridized carbons (Fsp3) is 0.111. The van der Waals surface area contributed by atoms with Crippen molar-refractivity contribution in [2.45, 2.75) is 12.5 Å². The van der Waals surface area contributed by atoms with Crippen molar-refractivity contribution < 1.29 is 29.0 Å². The lowest BCUT2D eigenvalue weighted by atomic mass is 10.2. The summed E-state index contributed by atoms with van der Waals surface area (Å²) in [6, 6.07) is 8.85. The van der Waals surface area contributed by atoms with E-state index in [9.17, 15) is 19.5 Å². The molecule has 0 bridgehead atoms. The fourth-order valence-corrected chi connectivity index (χ4v) is 4.13. The summed E-state index contributed by atoms with van der Waals surface area (Å²) < 4.78 is 5.68. The number of rotatable bonds is 6. The highest BCUT2D eigenvalue weighted by Crippen LogP contribution is 2.36. The van der Waals surface area contributed by atoms with Gasteiger partial charge in [-0.3, -0.25) is 14.5 Å². The molecule has 0 spiro atoms. The summed E-state index contributed by atoms with van der Waals surface area (Å²) in [6.45, 7) is 0. The minimum atomic E-state index is -1.58. The van der Waals surface area contributed by atoms with Crippen LogP contribution in [-0.4, -0.2) is 43.3 Å². The third-order valence-corrected chi connectivity index (χ3v) is 5.49. The van der Waals surface area contributed by atoms with Gasteiger partial charge in [-0.1, -0.05) is 47.7 Å². The van der Waals surface area contributed by atoms with Crippen molar-refractivity contribution in [3.8, 4) is 11.3 Å². The van der Waals surface area contributed by atoms with E-state index < -0.39 is 30.3 Å². The molecule has 0 unspecified atom stereocenters. The van der Waals surface area contributed by atoms with E-state index in [0.29, 0.717) is 22.1 Å². The number of aliphatic carboxylic acids is 2. The first-order valence-corrected chi connectivity index (χ1v) is 9.44. The summed E-state index contributed by atoms with van der Waals surface area (Å²) in [5.41, 5.74) is 0.684. The number of furan rings is 1. The van der Waals surface area contributed by atoms with Gasteiger partial charge in [0.2, 0.25) is 0 Å². The number of amides is 1. The van der Waals surface area contributed by atoms with Gasteiger partial charge in [0.1, 0.15) is 21.9 Å². The second kappa shape index (κ2) is 8.17. The Labute approximate surface area is 173 Å². The van der Waals surface area contributed by atoms with Crippen LogP contribution in [0.3, 0.4) is 0 Å². The fourth-order valence-electron chi connectivity index (χ4n) is 2.57. The molecule has 0 aliphatic carbocycles. The topological polar surface area (TPSA) is 108 Å². The van der Waals surface area contributed by atoms with E-state index in [1.807, 2.05) is 6.07 Å². The number of carbonyl (C=O) groups is 3. The minimum absolute atomic E-state index is 0.0252. The molecule has 7 nitrogen and oxygen atoms in total. The Morgan fingerprint density at radius 1 is 1.25 bits per heavy atom. The molecular weight excluding hydrogens is 426 g/mol. The van der Waals surface area contributed by atoms with Crippen molar-refractivity contribution in [2.24, 2.45) is 0 Å². The number of thioether (sulfide) groups is 1. The number of benzene rings is 1. The molecule has 2 heterocycles. The van der Waals surface area contributed by atoms with Crippen molar-refractivity contribution >= 4 is 63.8 Å². The maximum Gasteiger partial charge on any atom is 0.327 e. The summed E-state index contributed by atoms with van der Waals surface area (Å²) in [6.07, 6.45) is 0.672. The third kappa shape index (κ3) is 4.11. The predicted molar refractivity (Wildman–Crippen MR) is 108 cm³/mol. The number of halogens is 1. The van der Waals surface area contributed by atoms with Gasteiger partial charge in [0.25, 0.3) is 5.91 Å². The smallest absolute Gasteiger partial charge is 0.327 e. The zero-order valence-electron chi connectivity index (χ0n) is 14.0. The van der Waals surface area contributed by atoms with E-state index in [2.05, 4.69) is 0 Å². The number of carboxylic acids is 2. The maximum atomic E-state index is 12.6. The van der Waals surface area contributed by atoms with E-state index >= 15 is 0 Å². The van der Waals surface area contributed by atoms with Crippen LogP contribution in [0.4, 0.5) is 0 Å². The van der Waals surface area contributed by atoms with Crippen LogP contribution in [0, 0.1) is 0 Å². The predicted octanol–water partition coefficient (Wildman–Crippen LogP) is 3.73. The van der Waals surface area contributed by atoms with Crippen molar-refractivity contribution in [1.29, 1.82) is 0 Å². The molecule has 0 saturated carbocycles. The molecule has 1 amide bonds. The first kappa shape index (κ1) is 20.1. The van der Waals surface area contributed by atoms with Crippen molar-refractivity contribution in [3.05, 3.63) is 52.1 Å². The molecule has 0 radical (unpaired) electrons. The highest BCUT2D eigenvalue weighted by molar-refractivity contribution is 8.26. The third-order valence-electron chi connectivity index (χ3n) is 3.83. The Bertz CT molecular complexity index is 1020. The number of hydrogen-bond acceptors (Lipinski definition) is 6. The van der Waals surface area contributed by atoms with Gasteiger partial charge < -0.3 is 14.6 Å². The van der Waals surface area contributed by atoms with Crippen molar-refractivity contribution in [3.63, 3.8) is 0 Å². The average molecular weight is 438 g/mol. The zero-order valence-corrected chi connectivity index (χ0v) is 16.4. The Morgan fingerprint density at radius 3 is 2.61 bits per heavy atom. The zero-order chi connectivity index (χ0) is 20.4. The molecule has 1 aromatic heterocycles. The first-order chi connectivity index (χ1) is 13.3. The van der Waals surface area contributed by atoms with Gasteiger partial charge in [0.15, 0.2) is 0 Å². The number of hydrogen-bond donors (Lipinski definition) is 2. The largest absolute Gasteiger partial charge is 0.481 e. The molecule has 1 atom stereocenters. The second-order valence-electron chi connectivity index (χ2n) is 5.69. The SMILES string of the molecule is O=C(O)C[C@@H](C(=O)O)N1C(=O)/C(=C\c2ccc(-c3ccccc3Cl)o2)SC1=S. The molecule has 28 heavy (non-hydrogen) atoms. The lowest BCUT2D eigenvalue weighted by Gasteiger charge is -2.21. The van der Waals surface area contributed by atoms with E-state index in [1.165, 1.54) is 6.08 Å². The van der Waals surface area contributed by atoms with E-state index in [4.69, 9.17) is 33.3 Å². The molecule has 2 aromatic rings. The lowest BCUT2D eigenvalue weighted by Crippen LogP contribution is -2.45. The normalized spacial score (nSPS) is 16.6. The molecule has 1 aliphatic heterocycles. The summed E-state index contributed by atoms with van der Waals surface area (Å²) >= 11 is 12.1. The average Bonchev–Trinajstić information content (AvgIpc) is 3.18. The van der Waals surface area contributed by atoms with Gasteiger partial charge >= 0.3 is 11.9 Å².